The molecule has 1 N–H and O–H groups in total. The van der Waals surface area contributed by atoms with Crippen LogP contribution in [0.2, 0.25) is 5.02 Å². The topological polar surface area (TPSA) is 37.8 Å². The average molecular weight is 292 g/mol. The van der Waals surface area contributed by atoms with E-state index >= 15 is 0 Å². The van der Waals surface area contributed by atoms with Gasteiger partial charge in [-0.25, -0.2) is 14.4 Å². The van der Waals surface area contributed by atoms with Gasteiger partial charge in [-0.2, -0.15) is 0 Å². The number of nitrogens with one attached hydrogen (secondary N) is 1. The quantitative estimate of drug-likeness (QED) is 0.922. The van der Waals surface area contributed by atoms with Gasteiger partial charge in [0.2, 0.25) is 0 Å². The molecule has 3 nitrogen and oxygen atoms in total. The summed E-state index contributed by atoms with van der Waals surface area (Å²) in [6.07, 6.45) is 2.24. The van der Waals surface area contributed by atoms with Crippen LogP contribution in [0.3, 0.4) is 0 Å². The molecule has 0 unspecified atom stereocenters. The molecule has 1 aromatic heterocycles. The highest BCUT2D eigenvalue weighted by molar-refractivity contribution is 6.30. The van der Waals surface area contributed by atoms with Crippen LogP contribution in [0.15, 0.2) is 18.2 Å². The van der Waals surface area contributed by atoms with Gasteiger partial charge in [0.05, 0.1) is 5.69 Å². The third-order valence-electron chi connectivity index (χ3n) is 3.48. The molecule has 104 valence electrons. The summed E-state index contributed by atoms with van der Waals surface area (Å²) in [4.78, 5) is 9.15. The van der Waals surface area contributed by atoms with Crippen molar-refractivity contribution in [3.05, 3.63) is 40.4 Å². The van der Waals surface area contributed by atoms with E-state index in [2.05, 4.69) is 15.3 Å². The lowest BCUT2D eigenvalue weighted by molar-refractivity contribution is 0.628. The summed E-state index contributed by atoms with van der Waals surface area (Å²) in [5, 5.41) is 3.45. The smallest absolute Gasteiger partial charge is 0.134 e. The Balaban J connectivity index is 2.18. The van der Waals surface area contributed by atoms with Gasteiger partial charge < -0.3 is 5.32 Å². The van der Waals surface area contributed by atoms with Gasteiger partial charge in [0.1, 0.15) is 17.5 Å². The zero-order chi connectivity index (χ0) is 14.3. The number of hydrogen-bond donors (Lipinski definition) is 1. The summed E-state index contributed by atoms with van der Waals surface area (Å²) in [5.41, 5.74) is 2.33. The van der Waals surface area contributed by atoms with E-state index in [4.69, 9.17) is 11.6 Å². The van der Waals surface area contributed by atoms with Crippen molar-refractivity contribution in [1.29, 1.82) is 0 Å². The van der Waals surface area contributed by atoms with Crippen LogP contribution in [0.4, 0.5) is 10.2 Å². The van der Waals surface area contributed by atoms with Crippen LogP contribution < -0.4 is 5.32 Å². The van der Waals surface area contributed by atoms with E-state index < -0.39 is 0 Å². The average Bonchev–Trinajstić information content (AvgIpc) is 3.22. The number of hydrogen-bond acceptors (Lipinski definition) is 3. The monoisotopic (exact) mass is 291 g/mol. The Hall–Kier alpha value is -1.68. The molecule has 1 saturated carbocycles. The SMILES string of the molecule is CNc1nc(C2CC2)nc(-c2cc(F)cc(Cl)c2)c1C. The molecule has 0 bridgehead atoms. The van der Waals surface area contributed by atoms with E-state index in [1.54, 1.807) is 6.07 Å². The van der Waals surface area contributed by atoms with Crippen LogP contribution >= 0.6 is 11.6 Å². The molecular formula is C15H15ClFN3. The Morgan fingerprint density at radius 3 is 2.60 bits per heavy atom. The second-order valence-electron chi connectivity index (χ2n) is 5.09. The standard InChI is InChI=1S/C15H15ClFN3/c1-8-13(10-5-11(16)7-12(17)6-10)19-15(9-3-4-9)20-14(8)18-2/h5-7,9H,3-4H2,1-2H3,(H,18,19,20). The van der Waals surface area contributed by atoms with Crippen LogP contribution in [0.5, 0.6) is 0 Å². The van der Waals surface area contributed by atoms with Gasteiger partial charge >= 0.3 is 0 Å². The van der Waals surface area contributed by atoms with Gasteiger partial charge in [-0.3, -0.25) is 0 Å². The Labute approximate surface area is 122 Å². The third kappa shape index (κ3) is 2.48. The van der Waals surface area contributed by atoms with E-state index in [0.717, 1.165) is 35.7 Å². The first-order valence-electron chi connectivity index (χ1n) is 6.61. The molecule has 2 aromatic rings. The molecule has 1 aliphatic carbocycles. The summed E-state index contributed by atoms with van der Waals surface area (Å²) >= 11 is 5.94. The minimum absolute atomic E-state index is 0.357. The van der Waals surface area contributed by atoms with Crippen molar-refractivity contribution in [2.24, 2.45) is 0 Å². The second-order valence-corrected chi connectivity index (χ2v) is 5.52. The molecule has 0 saturated heterocycles. The summed E-state index contributed by atoms with van der Waals surface area (Å²) in [7, 11) is 1.83. The lowest BCUT2D eigenvalue weighted by Crippen LogP contribution is -2.04. The Morgan fingerprint density at radius 1 is 1.25 bits per heavy atom. The fourth-order valence-electron chi connectivity index (χ4n) is 2.27. The highest BCUT2D eigenvalue weighted by Crippen LogP contribution is 2.40. The first-order chi connectivity index (χ1) is 9.58. The molecule has 0 atom stereocenters. The Bertz CT molecular complexity index is 648. The summed E-state index contributed by atoms with van der Waals surface area (Å²) < 4.78 is 13.6. The maximum absolute atomic E-state index is 13.6. The fraction of sp³-hybridized carbons (Fsp3) is 0.333. The van der Waals surface area contributed by atoms with Gasteiger partial charge in [0, 0.05) is 29.1 Å². The Morgan fingerprint density at radius 2 is 2.00 bits per heavy atom. The molecule has 20 heavy (non-hydrogen) atoms. The predicted molar refractivity (Wildman–Crippen MR) is 78.7 cm³/mol. The van der Waals surface area contributed by atoms with Gasteiger partial charge in [-0.1, -0.05) is 11.6 Å². The molecular weight excluding hydrogens is 277 g/mol. The number of anilines is 1. The normalized spacial score (nSPS) is 14.4. The first-order valence-corrected chi connectivity index (χ1v) is 6.99. The van der Waals surface area contributed by atoms with Crippen molar-refractivity contribution >= 4 is 17.4 Å². The third-order valence-corrected chi connectivity index (χ3v) is 3.70. The number of halogens is 2. The van der Waals surface area contributed by atoms with E-state index in [0.29, 0.717) is 16.5 Å². The summed E-state index contributed by atoms with van der Waals surface area (Å²) in [6, 6.07) is 4.48. The molecule has 0 amide bonds. The van der Waals surface area contributed by atoms with Crippen molar-refractivity contribution in [3.8, 4) is 11.3 Å². The minimum atomic E-state index is -0.357. The highest BCUT2D eigenvalue weighted by atomic mass is 35.5. The van der Waals surface area contributed by atoms with Crippen LogP contribution in [-0.4, -0.2) is 17.0 Å². The van der Waals surface area contributed by atoms with Crippen LogP contribution in [0.1, 0.15) is 30.1 Å². The lowest BCUT2D eigenvalue weighted by Gasteiger charge is -2.12. The Kier molecular flexibility index (Phi) is 3.34. The zero-order valence-corrected chi connectivity index (χ0v) is 12.1. The molecule has 1 aliphatic rings. The van der Waals surface area contributed by atoms with Crippen molar-refractivity contribution in [2.45, 2.75) is 25.7 Å². The number of benzene rings is 1. The largest absolute Gasteiger partial charge is 0.373 e. The predicted octanol–water partition coefficient (Wildman–Crippen LogP) is 4.16. The number of nitrogens with zero attached hydrogens (tertiary/aromatic N) is 2. The summed E-state index contributed by atoms with van der Waals surface area (Å²) in [5.74, 6) is 1.70. The first kappa shape index (κ1) is 13.3. The molecule has 0 aliphatic heterocycles. The van der Waals surface area contributed by atoms with Gasteiger partial charge in [0.25, 0.3) is 0 Å². The molecule has 3 rings (SSSR count). The van der Waals surface area contributed by atoms with Crippen LogP contribution in [0.25, 0.3) is 11.3 Å². The van der Waals surface area contributed by atoms with Crippen LogP contribution in [-0.2, 0) is 0 Å². The zero-order valence-electron chi connectivity index (χ0n) is 11.4. The lowest BCUT2D eigenvalue weighted by atomic mass is 10.1. The van der Waals surface area contributed by atoms with E-state index in [9.17, 15) is 4.39 Å². The molecule has 1 fully saturated rings. The molecule has 0 radical (unpaired) electrons. The van der Waals surface area contributed by atoms with Crippen molar-refractivity contribution < 1.29 is 4.39 Å². The van der Waals surface area contributed by atoms with E-state index in [1.165, 1.54) is 12.1 Å². The molecule has 1 heterocycles. The second kappa shape index (κ2) is 5.02. The van der Waals surface area contributed by atoms with Gasteiger partial charge in [-0.05, 0) is 38.0 Å². The van der Waals surface area contributed by atoms with E-state index in [-0.39, 0.29) is 5.82 Å². The highest BCUT2D eigenvalue weighted by Gasteiger charge is 2.28. The van der Waals surface area contributed by atoms with E-state index in [1.807, 2.05) is 14.0 Å². The summed E-state index contributed by atoms with van der Waals surface area (Å²) in [6.45, 7) is 1.93. The maximum atomic E-state index is 13.6. The minimum Gasteiger partial charge on any atom is -0.373 e. The molecule has 0 spiro atoms. The maximum Gasteiger partial charge on any atom is 0.134 e. The van der Waals surface area contributed by atoms with Gasteiger partial charge in [0.15, 0.2) is 0 Å². The number of aromatic nitrogens is 2. The number of rotatable bonds is 3. The van der Waals surface area contributed by atoms with Gasteiger partial charge in [-0.15, -0.1) is 0 Å². The molecule has 5 heteroatoms. The van der Waals surface area contributed by atoms with Crippen molar-refractivity contribution in [2.75, 3.05) is 12.4 Å². The van der Waals surface area contributed by atoms with Crippen molar-refractivity contribution in [3.63, 3.8) is 0 Å². The van der Waals surface area contributed by atoms with Crippen molar-refractivity contribution in [1.82, 2.24) is 9.97 Å². The fourth-order valence-corrected chi connectivity index (χ4v) is 2.49. The van der Waals surface area contributed by atoms with Crippen LogP contribution in [0, 0.1) is 12.7 Å². The molecule has 1 aromatic carbocycles.